The van der Waals surface area contributed by atoms with Gasteiger partial charge in [0, 0.05) is 67.2 Å². The number of aryl methyl sites for hydroxylation is 1. The Kier molecular flexibility index (Phi) is 10.1. The molecule has 0 bridgehead atoms. The molecule has 0 aliphatic rings. The molecule has 2 aromatic heterocycles. The van der Waals surface area contributed by atoms with Crippen molar-refractivity contribution in [3.63, 3.8) is 0 Å². The van der Waals surface area contributed by atoms with Crippen molar-refractivity contribution in [1.82, 2.24) is 0 Å². The fraction of sp³-hybridized carbons (Fsp3) is 0.167. The molecular formula is C60H58N2O2Si3. The first kappa shape index (κ1) is 43.0. The van der Waals surface area contributed by atoms with Crippen LogP contribution in [0.5, 0.6) is 0 Å². The highest BCUT2D eigenvalue weighted by atomic mass is 28.3. The van der Waals surface area contributed by atoms with Gasteiger partial charge < -0.3 is 18.6 Å². The molecule has 0 spiro atoms. The van der Waals surface area contributed by atoms with Crippen molar-refractivity contribution in [2.75, 3.05) is 9.80 Å². The molecular weight excluding hydrogens is 865 g/mol. The molecule has 0 fully saturated rings. The van der Waals surface area contributed by atoms with Gasteiger partial charge in [-0.15, -0.1) is 0 Å². The fourth-order valence-electron chi connectivity index (χ4n) is 10.1. The van der Waals surface area contributed by atoms with E-state index >= 15 is 0 Å². The molecule has 0 amide bonds. The van der Waals surface area contributed by atoms with Crippen LogP contribution in [0.3, 0.4) is 0 Å². The number of benzene rings is 9. The van der Waals surface area contributed by atoms with Crippen LogP contribution in [-0.4, -0.2) is 24.2 Å². The predicted molar refractivity (Wildman–Crippen MR) is 299 cm³/mol. The van der Waals surface area contributed by atoms with E-state index in [0.29, 0.717) is 0 Å². The molecule has 7 heteroatoms. The number of hydrogen-bond acceptors (Lipinski definition) is 4. The highest BCUT2D eigenvalue weighted by molar-refractivity contribution is 6.89. The van der Waals surface area contributed by atoms with Crippen molar-refractivity contribution >= 4 is 139 Å². The molecule has 0 atom stereocenters. The van der Waals surface area contributed by atoms with Gasteiger partial charge in [-0.25, -0.2) is 0 Å². The van der Waals surface area contributed by atoms with Crippen LogP contribution < -0.4 is 25.4 Å². The normalized spacial score (nSPS) is 12.6. The Labute approximate surface area is 397 Å². The maximum atomic E-state index is 7.05. The third kappa shape index (κ3) is 7.41. The van der Waals surface area contributed by atoms with Crippen LogP contribution in [0.1, 0.15) is 5.56 Å². The van der Waals surface area contributed by atoms with Crippen LogP contribution in [0, 0.1) is 6.92 Å². The fourth-order valence-corrected chi connectivity index (χ4v) is 13.6. The van der Waals surface area contributed by atoms with Gasteiger partial charge in [0.15, 0.2) is 0 Å². The van der Waals surface area contributed by atoms with E-state index in [4.69, 9.17) is 8.83 Å². The van der Waals surface area contributed by atoms with E-state index in [0.717, 1.165) is 99.5 Å². The van der Waals surface area contributed by atoms with Gasteiger partial charge in [0.1, 0.15) is 22.3 Å². The molecule has 67 heavy (non-hydrogen) atoms. The Morgan fingerprint density at radius 3 is 0.925 bits per heavy atom. The Balaban J connectivity index is 1.16. The minimum absolute atomic E-state index is 0.841. The van der Waals surface area contributed by atoms with E-state index in [1.54, 1.807) is 0 Å². The average molecular weight is 923 g/mol. The molecule has 2 heterocycles. The summed E-state index contributed by atoms with van der Waals surface area (Å²) >= 11 is 0. The Hall–Kier alpha value is -6.65. The van der Waals surface area contributed by atoms with Gasteiger partial charge in [0.05, 0.1) is 35.6 Å². The average Bonchev–Trinajstić information content (AvgIpc) is 3.88. The van der Waals surface area contributed by atoms with Crippen LogP contribution in [0.15, 0.2) is 179 Å². The van der Waals surface area contributed by atoms with Gasteiger partial charge in [-0.05, 0) is 78.4 Å². The first-order chi connectivity index (χ1) is 32.0. The Morgan fingerprint density at radius 2 is 0.612 bits per heavy atom. The summed E-state index contributed by atoms with van der Waals surface area (Å²) in [5, 5.41) is 13.3. The lowest BCUT2D eigenvalue weighted by Crippen LogP contribution is -2.37. The molecule has 11 rings (SSSR count). The van der Waals surface area contributed by atoms with Gasteiger partial charge >= 0.3 is 0 Å². The molecule has 332 valence electrons. The summed E-state index contributed by atoms with van der Waals surface area (Å²) in [6.07, 6.45) is 0. The standard InChI is InChI=1S/C60H58N2O2Si3/c1-39-19-21-40(22-20-39)61(41-23-29-44(30-24-41)65(2,3)4)51-37-55-57(49-17-13-11-15-47(49)51)59-53(63-55)35-36-54-60(59)58-50-18-14-12-16-48(50)52(38-56(58)64-54)62(42-25-31-45(32-26-42)66(5,6)7)43-27-33-46(34-28-43)67(8,9)10/h11-38H,1-10H3. The van der Waals surface area contributed by atoms with Crippen LogP contribution >= 0.6 is 0 Å². The molecule has 11 aromatic rings. The minimum Gasteiger partial charge on any atom is -0.456 e. The van der Waals surface area contributed by atoms with E-state index in [1.165, 1.54) is 21.1 Å². The smallest absolute Gasteiger partial charge is 0.138 e. The molecule has 0 saturated heterocycles. The third-order valence-electron chi connectivity index (χ3n) is 13.8. The largest absolute Gasteiger partial charge is 0.456 e. The lowest BCUT2D eigenvalue weighted by molar-refractivity contribution is 0.663. The highest BCUT2D eigenvalue weighted by Gasteiger charge is 2.27. The van der Waals surface area contributed by atoms with Crippen LogP contribution in [0.2, 0.25) is 58.9 Å². The van der Waals surface area contributed by atoms with Crippen LogP contribution in [-0.2, 0) is 0 Å². The first-order valence-electron chi connectivity index (χ1n) is 23.7. The van der Waals surface area contributed by atoms with E-state index in [-0.39, 0.29) is 0 Å². The molecule has 0 aliphatic carbocycles. The lowest BCUT2D eigenvalue weighted by atomic mass is 9.96. The maximum absolute atomic E-state index is 7.05. The number of hydrogen-bond donors (Lipinski definition) is 0. The number of rotatable bonds is 9. The number of furan rings is 2. The monoisotopic (exact) mass is 922 g/mol. The minimum atomic E-state index is -1.52. The lowest BCUT2D eigenvalue weighted by Gasteiger charge is -2.28. The van der Waals surface area contributed by atoms with Crippen molar-refractivity contribution < 1.29 is 8.83 Å². The molecule has 4 nitrogen and oxygen atoms in total. The summed E-state index contributed by atoms with van der Waals surface area (Å²) in [6.45, 7) is 23.8. The van der Waals surface area contributed by atoms with Gasteiger partial charge in [-0.3, -0.25) is 0 Å². The molecule has 0 saturated carbocycles. The van der Waals surface area contributed by atoms with Gasteiger partial charge in [-0.2, -0.15) is 0 Å². The molecule has 0 aliphatic heterocycles. The summed E-state index contributed by atoms with van der Waals surface area (Å²) in [4.78, 5) is 4.82. The van der Waals surface area contributed by atoms with E-state index < -0.39 is 24.2 Å². The Morgan fingerprint density at radius 1 is 0.313 bits per heavy atom. The second-order valence-corrected chi connectivity index (χ2v) is 36.8. The predicted octanol–water partition coefficient (Wildman–Crippen LogP) is 16.7. The summed E-state index contributed by atoms with van der Waals surface area (Å²) < 4.78 is 14.1. The molecule has 0 unspecified atom stereocenters. The number of nitrogens with zero attached hydrogens (tertiary/aromatic N) is 2. The molecule has 0 N–H and O–H groups in total. The summed E-state index contributed by atoms with van der Waals surface area (Å²) in [7, 11) is -4.54. The SMILES string of the molecule is Cc1ccc(N(c2ccc([Si](C)(C)C)cc2)c2cc3oc4ccc5oc6cc(N(c7ccc([Si](C)(C)C)cc7)c7ccc([Si](C)(C)C)cc7)c7ccccc7c6c5c4c3c3ccccc23)cc1. The van der Waals surface area contributed by atoms with E-state index in [2.05, 4.69) is 246 Å². The summed E-state index contributed by atoms with van der Waals surface area (Å²) in [5.74, 6) is 0. The van der Waals surface area contributed by atoms with E-state index in [9.17, 15) is 0 Å². The van der Waals surface area contributed by atoms with Gasteiger partial charge in [0.2, 0.25) is 0 Å². The van der Waals surface area contributed by atoms with Gasteiger partial charge in [-0.1, -0.05) is 177 Å². The highest BCUT2D eigenvalue weighted by Crippen LogP contribution is 2.50. The quantitative estimate of drug-likeness (QED) is 0.135. The van der Waals surface area contributed by atoms with Crippen molar-refractivity contribution in [2.45, 2.75) is 65.8 Å². The Bertz CT molecular complexity index is 3620. The zero-order valence-electron chi connectivity index (χ0n) is 40.4. The van der Waals surface area contributed by atoms with Crippen molar-refractivity contribution in [1.29, 1.82) is 0 Å². The zero-order valence-corrected chi connectivity index (χ0v) is 43.4. The van der Waals surface area contributed by atoms with Crippen LogP contribution in [0.4, 0.5) is 34.1 Å². The summed E-state index contributed by atoms with van der Waals surface area (Å²) in [5.41, 5.74) is 11.2. The molecule has 0 radical (unpaired) electrons. The zero-order chi connectivity index (χ0) is 46.6. The third-order valence-corrected chi connectivity index (χ3v) is 20.0. The van der Waals surface area contributed by atoms with Gasteiger partial charge in [0.25, 0.3) is 0 Å². The topological polar surface area (TPSA) is 32.8 Å². The maximum Gasteiger partial charge on any atom is 0.138 e. The molecule has 9 aromatic carbocycles. The number of fused-ring (bicyclic) bond motifs is 11. The first-order valence-corrected chi connectivity index (χ1v) is 34.2. The second kappa shape index (κ2) is 15.7. The summed E-state index contributed by atoms with van der Waals surface area (Å²) in [6, 6.07) is 63.1. The van der Waals surface area contributed by atoms with Crippen LogP contribution in [0.25, 0.3) is 65.4 Å². The second-order valence-electron chi connectivity index (χ2n) is 21.5. The van der Waals surface area contributed by atoms with Crippen molar-refractivity contribution in [2.24, 2.45) is 0 Å². The number of anilines is 6. The van der Waals surface area contributed by atoms with Crippen molar-refractivity contribution in [3.8, 4) is 0 Å². The van der Waals surface area contributed by atoms with E-state index in [1.807, 2.05) is 0 Å². The van der Waals surface area contributed by atoms with Crippen molar-refractivity contribution in [3.05, 3.63) is 175 Å².